The number of rotatable bonds is 4. The van der Waals surface area contributed by atoms with E-state index in [9.17, 15) is 14.4 Å². The second-order valence-corrected chi connectivity index (χ2v) is 6.25. The number of carbonyl (C=O) groups excluding carboxylic acids is 3. The topological polar surface area (TPSA) is 66.5 Å². The first kappa shape index (κ1) is 16.9. The molecule has 1 heterocycles. The highest BCUT2D eigenvalue weighted by molar-refractivity contribution is 6.04. The average Bonchev–Trinajstić information content (AvgIpc) is 2.64. The van der Waals surface area contributed by atoms with E-state index in [0.717, 1.165) is 5.56 Å². The van der Waals surface area contributed by atoms with E-state index in [2.05, 4.69) is 5.32 Å². The second kappa shape index (κ2) is 6.89. The minimum absolute atomic E-state index is 0.154. The molecule has 0 spiro atoms. The predicted molar refractivity (Wildman–Crippen MR) is 94.4 cm³/mol. The number of Topliss-reactive ketones (excluding diaryl/α,β-unsaturated/α-hetero) is 1. The number of benzene rings is 2. The van der Waals surface area contributed by atoms with Crippen molar-refractivity contribution in [3.8, 4) is 0 Å². The summed E-state index contributed by atoms with van der Waals surface area (Å²) in [4.78, 5) is 39.0. The molecule has 0 aliphatic carbocycles. The molecule has 0 aromatic heterocycles. The molecular formula is C20H20N2O3. The Kier molecular flexibility index (Phi) is 4.65. The molecule has 1 aliphatic heterocycles. The van der Waals surface area contributed by atoms with Gasteiger partial charge in [-0.2, -0.15) is 0 Å². The maximum Gasteiger partial charge on any atom is 0.254 e. The van der Waals surface area contributed by atoms with Gasteiger partial charge >= 0.3 is 0 Å². The summed E-state index contributed by atoms with van der Waals surface area (Å²) in [5.74, 6) is -0.648. The van der Waals surface area contributed by atoms with Crippen LogP contribution < -0.4 is 5.32 Å². The predicted octanol–water partition coefficient (Wildman–Crippen LogP) is 2.07. The molecule has 2 aromatic rings. The summed E-state index contributed by atoms with van der Waals surface area (Å²) < 4.78 is 0. The molecule has 2 atom stereocenters. The van der Waals surface area contributed by atoms with Gasteiger partial charge in [-0.3, -0.25) is 14.4 Å². The number of carbonyl (C=O) groups is 3. The Labute approximate surface area is 146 Å². The molecule has 2 amide bonds. The van der Waals surface area contributed by atoms with Crippen molar-refractivity contribution in [1.29, 1.82) is 0 Å². The van der Waals surface area contributed by atoms with Crippen LogP contribution >= 0.6 is 0 Å². The van der Waals surface area contributed by atoms with Crippen molar-refractivity contribution < 1.29 is 14.4 Å². The number of nitrogens with one attached hydrogen (secondary N) is 1. The molecule has 0 saturated carbocycles. The summed E-state index contributed by atoms with van der Waals surface area (Å²) in [5.41, 5.74) is 2.03. The fourth-order valence-corrected chi connectivity index (χ4v) is 3.08. The fraction of sp³-hybridized carbons (Fsp3) is 0.250. The Balaban J connectivity index is 1.73. The smallest absolute Gasteiger partial charge is 0.254 e. The summed E-state index contributed by atoms with van der Waals surface area (Å²) in [6.45, 7) is 1.66. The normalized spacial score (nSPS) is 17.6. The lowest BCUT2D eigenvalue weighted by Crippen LogP contribution is -2.54. The molecule has 0 radical (unpaired) electrons. The molecule has 2 aromatic carbocycles. The van der Waals surface area contributed by atoms with Crippen molar-refractivity contribution in [2.24, 2.45) is 0 Å². The van der Waals surface area contributed by atoms with E-state index in [1.54, 1.807) is 44.3 Å². The molecule has 5 nitrogen and oxygen atoms in total. The Hall–Kier alpha value is -2.95. The standard InChI is InChI=1S/C20H20N2O3/c1-13(18(23)14-8-4-3-5-9-14)21-19(24)17-12-15-10-6-7-11-16(15)20(25)22(17)2/h3-11,13,17H,12H2,1-2H3,(H,21,24)/t13-,17?/m0/s1. The van der Waals surface area contributed by atoms with E-state index < -0.39 is 12.1 Å². The van der Waals surface area contributed by atoms with E-state index in [4.69, 9.17) is 0 Å². The number of likely N-dealkylation sites (N-methyl/N-ethyl adjacent to an activating group) is 1. The molecule has 1 N–H and O–H groups in total. The van der Waals surface area contributed by atoms with Crippen LogP contribution in [0.15, 0.2) is 54.6 Å². The first-order valence-electron chi connectivity index (χ1n) is 8.23. The molecule has 0 bridgehead atoms. The third-order valence-corrected chi connectivity index (χ3v) is 4.56. The molecule has 1 aliphatic rings. The van der Waals surface area contributed by atoms with Crippen molar-refractivity contribution in [3.63, 3.8) is 0 Å². The van der Waals surface area contributed by atoms with E-state index in [-0.39, 0.29) is 17.6 Å². The zero-order chi connectivity index (χ0) is 18.0. The summed E-state index contributed by atoms with van der Waals surface area (Å²) in [6, 6.07) is 14.9. The van der Waals surface area contributed by atoms with Gasteiger partial charge < -0.3 is 10.2 Å². The van der Waals surface area contributed by atoms with Crippen LogP contribution in [0.4, 0.5) is 0 Å². The first-order valence-corrected chi connectivity index (χ1v) is 8.23. The number of hydrogen-bond donors (Lipinski definition) is 1. The summed E-state index contributed by atoms with van der Waals surface area (Å²) in [5, 5.41) is 2.75. The Bertz CT molecular complexity index is 817. The van der Waals surface area contributed by atoms with Crippen molar-refractivity contribution in [1.82, 2.24) is 10.2 Å². The van der Waals surface area contributed by atoms with Gasteiger partial charge in [-0.15, -0.1) is 0 Å². The molecule has 3 rings (SSSR count). The van der Waals surface area contributed by atoms with E-state index in [1.165, 1.54) is 4.90 Å². The highest BCUT2D eigenvalue weighted by Gasteiger charge is 2.35. The second-order valence-electron chi connectivity index (χ2n) is 6.25. The maximum absolute atomic E-state index is 12.7. The summed E-state index contributed by atoms with van der Waals surface area (Å²) in [6.07, 6.45) is 0.441. The van der Waals surface area contributed by atoms with Crippen LogP contribution in [0.25, 0.3) is 0 Å². The van der Waals surface area contributed by atoms with E-state index in [1.807, 2.05) is 24.3 Å². The lowest BCUT2D eigenvalue weighted by Gasteiger charge is -2.33. The summed E-state index contributed by atoms with van der Waals surface area (Å²) >= 11 is 0. The zero-order valence-corrected chi connectivity index (χ0v) is 14.2. The fourth-order valence-electron chi connectivity index (χ4n) is 3.08. The Morgan fingerprint density at radius 2 is 1.72 bits per heavy atom. The van der Waals surface area contributed by atoms with Crippen LogP contribution in [0.2, 0.25) is 0 Å². The number of hydrogen-bond acceptors (Lipinski definition) is 3. The molecule has 5 heteroatoms. The van der Waals surface area contributed by atoms with E-state index in [0.29, 0.717) is 17.5 Å². The monoisotopic (exact) mass is 336 g/mol. The highest BCUT2D eigenvalue weighted by atomic mass is 16.2. The number of ketones is 1. The third kappa shape index (κ3) is 3.31. The van der Waals surface area contributed by atoms with Crippen molar-refractivity contribution in [3.05, 3.63) is 71.3 Å². The average molecular weight is 336 g/mol. The van der Waals surface area contributed by atoms with Gasteiger partial charge in [0.1, 0.15) is 6.04 Å². The Morgan fingerprint density at radius 1 is 1.08 bits per heavy atom. The number of nitrogens with zero attached hydrogens (tertiary/aromatic N) is 1. The van der Waals surface area contributed by atoms with Crippen LogP contribution in [0.5, 0.6) is 0 Å². The quantitative estimate of drug-likeness (QED) is 0.869. The number of amides is 2. The Morgan fingerprint density at radius 3 is 2.44 bits per heavy atom. The highest BCUT2D eigenvalue weighted by Crippen LogP contribution is 2.22. The van der Waals surface area contributed by atoms with Gasteiger partial charge in [-0.05, 0) is 18.6 Å². The molecule has 128 valence electrons. The van der Waals surface area contributed by atoms with Crippen LogP contribution in [0, 0.1) is 0 Å². The van der Waals surface area contributed by atoms with Gasteiger partial charge in [-0.25, -0.2) is 0 Å². The van der Waals surface area contributed by atoms with Gasteiger partial charge in [0.25, 0.3) is 5.91 Å². The van der Waals surface area contributed by atoms with Crippen LogP contribution in [0.3, 0.4) is 0 Å². The SMILES string of the molecule is C[C@H](NC(=O)C1Cc2ccccc2C(=O)N1C)C(=O)c1ccccc1. The zero-order valence-electron chi connectivity index (χ0n) is 14.2. The largest absolute Gasteiger partial charge is 0.344 e. The lowest BCUT2D eigenvalue weighted by molar-refractivity contribution is -0.125. The minimum Gasteiger partial charge on any atom is -0.344 e. The van der Waals surface area contributed by atoms with Crippen molar-refractivity contribution >= 4 is 17.6 Å². The maximum atomic E-state index is 12.7. The molecule has 0 saturated heterocycles. The molecule has 1 unspecified atom stereocenters. The molecule has 0 fully saturated rings. The van der Waals surface area contributed by atoms with Crippen molar-refractivity contribution in [2.45, 2.75) is 25.4 Å². The first-order chi connectivity index (χ1) is 12.0. The van der Waals surface area contributed by atoms with E-state index >= 15 is 0 Å². The minimum atomic E-state index is -0.657. The van der Waals surface area contributed by atoms with Crippen LogP contribution in [-0.2, 0) is 11.2 Å². The third-order valence-electron chi connectivity index (χ3n) is 4.56. The van der Waals surface area contributed by atoms with Crippen molar-refractivity contribution in [2.75, 3.05) is 7.05 Å². The van der Waals surface area contributed by atoms with Gasteiger partial charge in [0.15, 0.2) is 5.78 Å². The van der Waals surface area contributed by atoms with Gasteiger partial charge in [-0.1, -0.05) is 48.5 Å². The van der Waals surface area contributed by atoms with Gasteiger partial charge in [0.05, 0.1) is 6.04 Å². The van der Waals surface area contributed by atoms with Crippen LogP contribution in [-0.4, -0.2) is 41.6 Å². The van der Waals surface area contributed by atoms with Gasteiger partial charge in [0, 0.05) is 24.6 Å². The number of fused-ring (bicyclic) bond motifs is 1. The lowest BCUT2D eigenvalue weighted by atomic mass is 9.93. The molecular weight excluding hydrogens is 316 g/mol. The molecule has 25 heavy (non-hydrogen) atoms. The van der Waals surface area contributed by atoms with Gasteiger partial charge in [0.2, 0.25) is 5.91 Å². The summed E-state index contributed by atoms with van der Waals surface area (Å²) in [7, 11) is 1.62. The van der Waals surface area contributed by atoms with Crippen LogP contribution in [0.1, 0.15) is 33.2 Å².